The van der Waals surface area contributed by atoms with Gasteiger partial charge in [-0.2, -0.15) is 4.98 Å². The molecule has 194 valence electrons. The molecule has 0 saturated heterocycles. The average Bonchev–Trinajstić information content (AvgIpc) is 3.28. The number of carboxylic acid groups (broad SMARTS) is 1. The van der Waals surface area contributed by atoms with E-state index in [9.17, 15) is 4.79 Å². The number of nitrogens with zero attached hydrogens (tertiary/aromatic N) is 3. The van der Waals surface area contributed by atoms with Crippen molar-refractivity contribution in [2.45, 2.75) is 46.0 Å². The van der Waals surface area contributed by atoms with Gasteiger partial charge in [-0.15, -0.1) is 11.3 Å². The fraction of sp³-hybridized carbons (Fsp3) is 0.310. The first kappa shape index (κ1) is 27.8. The molecule has 0 spiro atoms. The Kier molecular flexibility index (Phi) is 11.0. The molecular weight excluding hydrogens is 482 g/mol. The zero-order valence-electron chi connectivity index (χ0n) is 21.5. The Morgan fingerprint density at radius 2 is 2.11 bits per heavy atom. The van der Waals surface area contributed by atoms with E-state index in [0.29, 0.717) is 24.2 Å². The van der Waals surface area contributed by atoms with Gasteiger partial charge in [0.05, 0.1) is 12.1 Å². The molecule has 2 aromatic rings. The fourth-order valence-electron chi connectivity index (χ4n) is 3.73. The Bertz CT molecular complexity index is 1220. The molecule has 7 nitrogen and oxygen atoms in total. The molecule has 0 amide bonds. The predicted octanol–water partition coefficient (Wildman–Crippen LogP) is 6.89. The molecule has 3 N–H and O–H groups in total. The van der Waals surface area contributed by atoms with E-state index in [4.69, 9.17) is 10.1 Å². The molecule has 1 atom stereocenters. The van der Waals surface area contributed by atoms with Crippen LogP contribution in [0.15, 0.2) is 72.9 Å². The van der Waals surface area contributed by atoms with E-state index in [1.807, 2.05) is 43.4 Å². The topological polar surface area (TPSA) is 100 Å². The van der Waals surface area contributed by atoms with Crippen LogP contribution in [0.3, 0.4) is 0 Å². The summed E-state index contributed by atoms with van der Waals surface area (Å²) in [4.78, 5) is 26.4. The van der Waals surface area contributed by atoms with Gasteiger partial charge in [-0.25, -0.2) is 9.97 Å². The lowest BCUT2D eigenvalue weighted by Gasteiger charge is -2.12. The van der Waals surface area contributed by atoms with Gasteiger partial charge in [-0.1, -0.05) is 68.2 Å². The molecule has 0 aromatic carbocycles. The average molecular weight is 518 g/mol. The van der Waals surface area contributed by atoms with E-state index in [2.05, 4.69) is 52.3 Å². The third-order valence-corrected chi connectivity index (χ3v) is 6.75. The highest BCUT2D eigenvalue weighted by Crippen LogP contribution is 2.33. The van der Waals surface area contributed by atoms with Gasteiger partial charge in [-0.05, 0) is 50.2 Å². The lowest BCUT2D eigenvalue weighted by molar-refractivity contribution is -0.136. The maximum absolute atomic E-state index is 11.0. The normalized spacial score (nSPS) is 15.5. The number of anilines is 3. The standard InChI is InChI=1S/C29H35N5O2S/c1-4-7-8-9-10-11-14-23-20-26(34-29-32-24-16-15-22(6-3)18-25(24)37-29)33-28(31-23)30-17-12-13-21(5-2)19-27(35)36/h4-5,7-10,12-13,15-16,20,22H,1,6,11,14,17-19H2,2-3H3,(H,35,36)(H2,30,31,32,33,34)/b8-7-,10-9-,13-12-,21-5+. The van der Waals surface area contributed by atoms with Crippen LogP contribution in [0.5, 0.6) is 0 Å². The Labute approximate surface area is 223 Å². The molecular formula is C29H35N5O2S. The summed E-state index contributed by atoms with van der Waals surface area (Å²) in [7, 11) is 0. The van der Waals surface area contributed by atoms with Crippen molar-refractivity contribution in [2.75, 3.05) is 17.2 Å². The number of rotatable bonds is 14. The second-order valence-corrected chi connectivity index (χ2v) is 9.64. The number of hydrogen-bond donors (Lipinski definition) is 3. The monoisotopic (exact) mass is 517 g/mol. The molecule has 1 unspecified atom stereocenters. The molecule has 0 saturated carbocycles. The van der Waals surface area contributed by atoms with Crippen molar-refractivity contribution in [1.29, 1.82) is 0 Å². The number of carbonyl (C=O) groups is 1. The smallest absolute Gasteiger partial charge is 0.307 e. The molecule has 8 heteroatoms. The number of aliphatic carboxylic acids is 1. The summed E-state index contributed by atoms with van der Waals surface area (Å²) in [6.45, 7) is 8.19. The molecule has 2 aromatic heterocycles. The van der Waals surface area contributed by atoms with Crippen molar-refractivity contribution in [3.63, 3.8) is 0 Å². The zero-order valence-corrected chi connectivity index (χ0v) is 22.3. The molecule has 0 aliphatic heterocycles. The van der Waals surface area contributed by atoms with Crippen LogP contribution in [-0.2, 0) is 17.6 Å². The van der Waals surface area contributed by atoms with E-state index in [-0.39, 0.29) is 6.42 Å². The minimum absolute atomic E-state index is 0.00542. The third kappa shape index (κ3) is 9.31. The maximum Gasteiger partial charge on any atom is 0.307 e. The SMILES string of the molecule is C=C/C=C\C=C/CCc1cc(Nc2nc3c(s2)CC(CC)C=C3)nc(NC/C=C\C(=C/C)CC(=O)O)n1. The summed E-state index contributed by atoms with van der Waals surface area (Å²) >= 11 is 1.68. The molecule has 0 radical (unpaired) electrons. The van der Waals surface area contributed by atoms with Gasteiger partial charge in [0.15, 0.2) is 5.13 Å². The summed E-state index contributed by atoms with van der Waals surface area (Å²) < 4.78 is 0. The van der Waals surface area contributed by atoms with Crippen LogP contribution in [0.1, 0.15) is 49.4 Å². The Hall–Kier alpha value is -3.78. The van der Waals surface area contributed by atoms with E-state index < -0.39 is 5.97 Å². The van der Waals surface area contributed by atoms with E-state index in [1.165, 1.54) is 4.88 Å². The van der Waals surface area contributed by atoms with Crippen LogP contribution in [-0.4, -0.2) is 32.6 Å². The first-order valence-corrected chi connectivity index (χ1v) is 13.4. The number of hydrogen-bond acceptors (Lipinski definition) is 7. The van der Waals surface area contributed by atoms with Crippen LogP contribution in [0.4, 0.5) is 16.9 Å². The first-order chi connectivity index (χ1) is 18.0. The lowest BCUT2D eigenvalue weighted by Crippen LogP contribution is -2.07. The van der Waals surface area contributed by atoms with Crippen molar-refractivity contribution < 1.29 is 9.90 Å². The highest BCUT2D eigenvalue weighted by Gasteiger charge is 2.17. The molecule has 0 fully saturated rings. The van der Waals surface area contributed by atoms with E-state index in [1.54, 1.807) is 23.5 Å². The van der Waals surface area contributed by atoms with E-state index in [0.717, 1.165) is 47.8 Å². The second kappa shape index (κ2) is 14.7. The predicted molar refractivity (Wildman–Crippen MR) is 154 cm³/mol. The Balaban J connectivity index is 1.72. The minimum Gasteiger partial charge on any atom is -0.481 e. The van der Waals surface area contributed by atoms with Gasteiger partial charge in [0.25, 0.3) is 0 Å². The molecule has 2 heterocycles. The quantitative estimate of drug-likeness (QED) is 0.235. The Morgan fingerprint density at radius 3 is 2.86 bits per heavy atom. The largest absolute Gasteiger partial charge is 0.481 e. The number of carboxylic acids is 1. The van der Waals surface area contributed by atoms with Gasteiger partial charge in [0, 0.05) is 23.2 Å². The summed E-state index contributed by atoms with van der Waals surface area (Å²) in [5.74, 6) is 0.918. The third-order valence-electron chi connectivity index (χ3n) is 5.74. The minimum atomic E-state index is -0.851. The van der Waals surface area contributed by atoms with Crippen molar-refractivity contribution in [2.24, 2.45) is 5.92 Å². The first-order valence-electron chi connectivity index (χ1n) is 12.5. The van der Waals surface area contributed by atoms with Gasteiger partial charge < -0.3 is 15.7 Å². The van der Waals surface area contributed by atoms with Crippen molar-refractivity contribution in [3.8, 4) is 0 Å². The van der Waals surface area contributed by atoms with Crippen molar-refractivity contribution >= 4 is 40.3 Å². The highest BCUT2D eigenvalue weighted by atomic mass is 32.1. The zero-order chi connectivity index (χ0) is 26.5. The van der Waals surface area contributed by atoms with Gasteiger partial charge in [0.2, 0.25) is 5.95 Å². The molecule has 1 aliphatic carbocycles. The second-order valence-electron chi connectivity index (χ2n) is 8.56. The van der Waals surface area contributed by atoms with Crippen LogP contribution < -0.4 is 10.6 Å². The Morgan fingerprint density at radius 1 is 1.24 bits per heavy atom. The number of aryl methyl sites for hydroxylation is 1. The molecule has 0 bridgehead atoms. The van der Waals surface area contributed by atoms with Gasteiger partial charge >= 0.3 is 5.97 Å². The number of aromatic nitrogens is 3. The number of nitrogens with one attached hydrogen (secondary N) is 2. The molecule has 37 heavy (non-hydrogen) atoms. The van der Waals surface area contributed by atoms with Crippen LogP contribution >= 0.6 is 11.3 Å². The van der Waals surface area contributed by atoms with Crippen LogP contribution in [0.2, 0.25) is 0 Å². The fourth-order valence-corrected chi connectivity index (χ4v) is 4.78. The summed E-state index contributed by atoms with van der Waals surface area (Å²) in [6, 6.07) is 1.96. The van der Waals surface area contributed by atoms with Gasteiger partial charge in [0.1, 0.15) is 5.82 Å². The van der Waals surface area contributed by atoms with E-state index >= 15 is 0 Å². The lowest BCUT2D eigenvalue weighted by atomic mass is 9.96. The summed E-state index contributed by atoms with van der Waals surface area (Å²) in [5, 5.41) is 16.4. The molecule has 3 rings (SSSR count). The van der Waals surface area contributed by atoms with Crippen LogP contribution in [0, 0.1) is 5.92 Å². The number of allylic oxidation sites excluding steroid dienone is 8. The van der Waals surface area contributed by atoms with Crippen molar-refractivity contribution in [1.82, 2.24) is 15.0 Å². The summed E-state index contributed by atoms with van der Waals surface area (Å²) in [5.41, 5.74) is 2.69. The maximum atomic E-state index is 11.0. The van der Waals surface area contributed by atoms with Crippen LogP contribution in [0.25, 0.3) is 6.08 Å². The highest BCUT2D eigenvalue weighted by molar-refractivity contribution is 7.15. The summed E-state index contributed by atoms with van der Waals surface area (Å²) in [6.07, 6.45) is 23.3. The van der Waals surface area contributed by atoms with Gasteiger partial charge in [-0.3, -0.25) is 4.79 Å². The number of thiazole rings is 1. The number of fused-ring (bicyclic) bond motifs is 1. The van der Waals surface area contributed by atoms with Crippen molar-refractivity contribution in [3.05, 3.63) is 89.2 Å². The molecule has 1 aliphatic rings.